The Morgan fingerprint density at radius 1 is 1.16 bits per heavy atom. The van der Waals surface area contributed by atoms with Gasteiger partial charge < -0.3 is 10.3 Å². The molecular formula is C19H15ClN4O. The third kappa shape index (κ3) is 3.02. The number of fused-ring (bicyclic) bond motifs is 1. The molecule has 4 rings (SSSR count). The summed E-state index contributed by atoms with van der Waals surface area (Å²) in [4.78, 5) is 15.7. The number of anilines is 1. The van der Waals surface area contributed by atoms with E-state index in [-0.39, 0.29) is 5.91 Å². The van der Waals surface area contributed by atoms with E-state index in [1.54, 1.807) is 24.0 Å². The van der Waals surface area contributed by atoms with Crippen LogP contribution in [-0.2, 0) is 7.05 Å². The van der Waals surface area contributed by atoms with Gasteiger partial charge in [-0.15, -0.1) is 0 Å². The van der Waals surface area contributed by atoms with Gasteiger partial charge in [-0.2, -0.15) is 5.10 Å². The van der Waals surface area contributed by atoms with Crippen LogP contribution in [0.5, 0.6) is 0 Å². The van der Waals surface area contributed by atoms with Crippen molar-refractivity contribution in [1.29, 1.82) is 0 Å². The molecule has 6 heteroatoms. The van der Waals surface area contributed by atoms with Crippen LogP contribution < -0.4 is 5.32 Å². The van der Waals surface area contributed by atoms with Crippen LogP contribution in [0, 0.1) is 0 Å². The van der Waals surface area contributed by atoms with Gasteiger partial charge in [-0.1, -0.05) is 29.8 Å². The summed E-state index contributed by atoms with van der Waals surface area (Å²) in [5, 5.41) is 8.66. The topological polar surface area (TPSA) is 62.7 Å². The third-order valence-electron chi connectivity index (χ3n) is 4.07. The quantitative estimate of drug-likeness (QED) is 0.572. The number of hydrogen-bond donors (Lipinski definition) is 2. The van der Waals surface area contributed by atoms with Crippen molar-refractivity contribution in [1.82, 2.24) is 14.8 Å². The SMILES string of the molecule is Cn1nccc1C(=O)Nc1ccc2cc(-c3cccc(Cl)c3)[nH]c2c1. The van der Waals surface area contributed by atoms with Crippen LogP contribution in [0.1, 0.15) is 10.5 Å². The van der Waals surface area contributed by atoms with Crippen LogP contribution in [-0.4, -0.2) is 20.7 Å². The van der Waals surface area contributed by atoms with Crippen molar-refractivity contribution < 1.29 is 4.79 Å². The Kier molecular flexibility index (Phi) is 3.78. The molecule has 0 spiro atoms. The molecule has 124 valence electrons. The molecule has 4 aromatic rings. The second-order valence-electron chi connectivity index (χ2n) is 5.79. The predicted molar refractivity (Wildman–Crippen MR) is 99.9 cm³/mol. The van der Waals surface area contributed by atoms with Gasteiger partial charge in [-0.25, -0.2) is 0 Å². The maximum Gasteiger partial charge on any atom is 0.273 e. The van der Waals surface area contributed by atoms with Gasteiger partial charge in [-0.05, 0) is 42.0 Å². The fourth-order valence-corrected chi connectivity index (χ4v) is 3.00. The van der Waals surface area contributed by atoms with Crippen molar-refractivity contribution >= 4 is 34.1 Å². The van der Waals surface area contributed by atoms with Crippen molar-refractivity contribution in [3.05, 3.63) is 71.5 Å². The number of halogens is 1. The number of carbonyl (C=O) groups is 1. The molecule has 2 aromatic heterocycles. The molecular weight excluding hydrogens is 336 g/mol. The lowest BCUT2D eigenvalue weighted by atomic mass is 10.1. The molecule has 2 aromatic carbocycles. The number of carbonyl (C=O) groups excluding carboxylic acids is 1. The first-order valence-corrected chi connectivity index (χ1v) is 8.16. The molecule has 0 aliphatic heterocycles. The van der Waals surface area contributed by atoms with E-state index in [1.807, 2.05) is 42.5 Å². The van der Waals surface area contributed by atoms with Crippen LogP contribution in [0.25, 0.3) is 22.2 Å². The molecule has 0 atom stereocenters. The van der Waals surface area contributed by atoms with Crippen molar-refractivity contribution in [2.45, 2.75) is 0 Å². The van der Waals surface area contributed by atoms with Gasteiger partial charge in [0.25, 0.3) is 5.91 Å². The maximum atomic E-state index is 12.3. The smallest absolute Gasteiger partial charge is 0.273 e. The molecule has 0 aliphatic rings. The maximum absolute atomic E-state index is 12.3. The standard InChI is InChI=1S/C19H15ClN4O/c1-24-18(7-8-21-24)19(25)22-15-6-5-13-10-16(23-17(13)11-15)12-3-2-4-14(20)9-12/h2-11,23H,1H3,(H,22,25). The zero-order chi connectivity index (χ0) is 17.4. The van der Waals surface area contributed by atoms with Gasteiger partial charge in [0.15, 0.2) is 0 Å². The van der Waals surface area contributed by atoms with Crippen molar-refractivity contribution in [3.8, 4) is 11.3 Å². The second kappa shape index (κ2) is 6.11. The van der Waals surface area contributed by atoms with E-state index < -0.39 is 0 Å². The first-order valence-electron chi connectivity index (χ1n) is 7.78. The fraction of sp³-hybridized carbons (Fsp3) is 0.0526. The molecule has 2 heterocycles. The molecule has 0 fully saturated rings. The zero-order valence-electron chi connectivity index (χ0n) is 13.5. The fourth-order valence-electron chi connectivity index (χ4n) is 2.81. The monoisotopic (exact) mass is 350 g/mol. The number of aromatic nitrogens is 3. The zero-order valence-corrected chi connectivity index (χ0v) is 14.2. The Morgan fingerprint density at radius 2 is 2.04 bits per heavy atom. The van der Waals surface area contributed by atoms with E-state index >= 15 is 0 Å². The van der Waals surface area contributed by atoms with E-state index in [4.69, 9.17) is 11.6 Å². The van der Waals surface area contributed by atoms with Gasteiger partial charge in [0.05, 0.1) is 0 Å². The van der Waals surface area contributed by atoms with Crippen LogP contribution in [0.15, 0.2) is 60.8 Å². The minimum absolute atomic E-state index is 0.194. The molecule has 0 saturated heterocycles. The summed E-state index contributed by atoms with van der Waals surface area (Å²) in [6.07, 6.45) is 1.60. The summed E-state index contributed by atoms with van der Waals surface area (Å²) >= 11 is 6.07. The molecule has 0 unspecified atom stereocenters. The largest absolute Gasteiger partial charge is 0.354 e. The second-order valence-corrected chi connectivity index (χ2v) is 6.23. The highest BCUT2D eigenvalue weighted by Gasteiger charge is 2.11. The highest BCUT2D eigenvalue weighted by atomic mass is 35.5. The molecule has 0 radical (unpaired) electrons. The van der Waals surface area contributed by atoms with E-state index in [0.717, 1.165) is 27.8 Å². The summed E-state index contributed by atoms with van der Waals surface area (Å²) in [6, 6.07) is 17.2. The van der Waals surface area contributed by atoms with Gasteiger partial charge >= 0.3 is 0 Å². The Labute approximate surface area is 149 Å². The number of nitrogens with one attached hydrogen (secondary N) is 2. The summed E-state index contributed by atoms with van der Waals surface area (Å²) in [5.41, 5.74) is 4.17. The summed E-state index contributed by atoms with van der Waals surface area (Å²) < 4.78 is 1.54. The lowest BCUT2D eigenvalue weighted by Crippen LogP contribution is -2.15. The first kappa shape index (κ1) is 15.5. The average molecular weight is 351 g/mol. The first-order chi connectivity index (χ1) is 12.1. The van der Waals surface area contributed by atoms with Crippen molar-refractivity contribution in [3.63, 3.8) is 0 Å². The number of H-pyrrole nitrogens is 1. The predicted octanol–water partition coefficient (Wildman–Crippen LogP) is 4.47. The Bertz CT molecular complexity index is 1080. The van der Waals surface area contributed by atoms with Crippen LogP contribution in [0.2, 0.25) is 5.02 Å². The summed E-state index contributed by atoms with van der Waals surface area (Å²) in [6.45, 7) is 0. The third-order valence-corrected chi connectivity index (χ3v) is 4.30. The Morgan fingerprint density at radius 3 is 2.80 bits per heavy atom. The Hall–Kier alpha value is -3.05. The van der Waals surface area contributed by atoms with E-state index in [1.165, 1.54) is 0 Å². The molecule has 0 bridgehead atoms. The van der Waals surface area contributed by atoms with Gasteiger partial charge in [0.2, 0.25) is 0 Å². The van der Waals surface area contributed by atoms with Crippen molar-refractivity contribution in [2.75, 3.05) is 5.32 Å². The van der Waals surface area contributed by atoms with Gasteiger partial charge in [0, 0.05) is 40.6 Å². The van der Waals surface area contributed by atoms with Gasteiger partial charge in [0.1, 0.15) is 5.69 Å². The number of nitrogens with zero attached hydrogens (tertiary/aromatic N) is 2. The number of rotatable bonds is 3. The normalized spacial score (nSPS) is 11.0. The number of amides is 1. The van der Waals surface area contributed by atoms with Gasteiger partial charge in [-0.3, -0.25) is 9.48 Å². The Balaban J connectivity index is 1.64. The van der Waals surface area contributed by atoms with E-state index in [0.29, 0.717) is 10.7 Å². The lowest BCUT2D eigenvalue weighted by Gasteiger charge is -2.05. The molecule has 5 nitrogen and oxygen atoms in total. The summed E-state index contributed by atoms with van der Waals surface area (Å²) in [5.74, 6) is -0.194. The number of benzene rings is 2. The van der Waals surface area contributed by atoms with E-state index in [9.17, 15) is 4.79 Å². The molecule has 0 aliphatic carbocycles. The molecule has 1 amide bonds. The minimum Gasteiger partial charge on any atom is -0.354 e. The molecule has 25 heavy (non-hydrogen) atoms. The highest BCUT2D eigenvalue weighted by Crippen LogP contribution is 2.27. The van der Waals surface area contributed by atoms with Crippen molar-refractivity contribution in [2.24, 2.45) is 7.05 Å². The lowest BCUT2D eigenvalue weighted by molar-refractivity contribution is 0.101. The van der Waals surface area contributed by atoms with Crippen LogP contribution in [0.3, 0.4) is 0 Å². The average Bonchev–Trinajstić information content (AvgIpc) is 3.20. The minimum atomic E-state index is -0.194. The van der Waals surface area contributed by atoms with Crippen LogP contribution >= 0.6 is 11.6 Å². The summed E-state index contributed by atoms with van der Waals surface area (Å²) in [7, 11) is 1.74. The van der Waals surface area contributed by atoms with Crippen LogP contribution in [0.4, 0.5) is 5.69 Å². The number of aromatic amines is 1. The molecule has 2 N–H and O–H groups in total. The number of hydrogen-bond acceptors (Lipinski definition) is 2. The highest BCUT2D eigenvalue weighted by molar-refractivity contribution is 6.30. The van der Waals surface area contributed by atoms with E-state index in [2.05, 4.69) is 21.5 Å². The molecule has 0 saturated carbocycles. The number of aryl methyl sites for hydroxylation is 1.